The highest BCUT2D eigenvalue weighted by molar-refractivity contribution is 7.89. The number of ether oxygens (including phenoxy) is 1. The summed E-state index contributed by atoms with van der Waals surface area (Å²) in [5.41, 5.74) is 1.17. The van der Waals surface area contributed by atoms with E-state index in [2.05, 4.69) is 10.3 Å². The summed E-state index contributed by atoms with van der Waals surface area (Å²) < 4.78 is 42.5. The van der Waals surface area contributed by atoms with Crippen LogP contribution in [0, 0.1) is 5.82 Å². The van der Waals surface area contributed by atoms with E-state index in [0.29, 0.717) is 11.3 Å². The van der Waals surface area contributed by atoms with Gasteiger partial charge in [0.15, 0.2) is 5.69 Å². The fourth-order valence-electron chi connectivity index (χ4n) is 2.44. The summed E-state index contributed by atoms with van der Waals surface area (Å²) in [5, 5.41) is 13.0. The number of nitrogens with two attached hydrogens (primary N) is 1. The lowest BCUT2D eigenvalue weighted by Crippen LogP contribution is -2.12. The van der Waals surface area contributed by atoms with Crippen molar-refractivity contribution in [2.45, 2.75) is 11.8 Å². The highest BCUT2D eigenvalue weighted by atomic mass is 32.2. The number of benzene rings is 2. The second kappa shape index (κ2) is 7.25. The van der Waals surface area contributed by atoms with Gasteiger partial charge in [0.2, 0.25) is 10.0 Å². The molecule has 8 nitrogen and oxygen atoms in total. The molecule has 2 N–H and O–H groups in total. The molecule has 0 saturated heterocycles. The minimum Gasteiger partial charge on any atom is -0.461 e. The summed E-state index contributed by atoms with van der Waals surface area (Å²) >= 11 is 0. The van der Waals surface area contributed by atoms with E-state index in [0.717, 1.165) is 0 Å². The van der Waals surface area contributed by atoms with Gasteiger partial charge in [0.05, 0.1) is 17.2 Å². The van der Waals surface area contributed by atoms with E-state index in [9.17, 15) is 17.6 Å². The van der Waals surface area contributed by atoms with E-state index < -0.39 is 21.8 Å². The maximum atomic E-state index is 13.3. The summed E-state index contributed by atoms with van der Waals surface area (Å²) in [6, 6.07) is 11.0. The molecule has 0 amide bonds. The molecule has 0 aliphatic heterocycles. The first-order valence-electron chi connectivity index (χ1n) is 7.83. The Balaban J connectivity index is 2.15. The average molecular weight is 390 g/mol. The van der Waals surface area contributed by atoms with Crippen LogP contribution in [0.3, 0.4) is 0 Å². The van der Waals surface area contributed by atoms with E-state index in [4.69, 9.17) is 9.88 Å². The standard InChI is InChI=1S/C17H15FN4O4S/c1-2-26-17(23)15-16(11-3-5-12(18)6-4-11)22(21-20-15)13-7-9-14(10-8-13)27(19,24)25/h3-10H,2H2,1H3,(H2,19,24,25). The molecule has 0 atom stereocenters. The molecule has 2 aromatic carbocycles. The number of sulfonamides is 1. The Morgan fingerprint density at radius 3 is 2.33 bits per heavy atom. The fraction of sp³-hybridized carbons (Fsp3) is 0.118. The molecule has 0 radical (unpaired) electrons. The molecule has 0 aliphatic carbocycles. The summed E-state index contributed by atoms with van der Waals surface area (Å²) in [7, 11) is -3.85. The SMILES string of the molecule is CCOC(=O)c1nnn(-c2ccc(S(N)(=O)=O)cc2)c1-c1ccc(F)cc1. The highest BCUT2D eigenvalue weighted by Gasteiger charge is 2.23. The van der Waals surface area contributed by atoms with Gasteiger partial charge >= 0.3 is 5.97 Å². The van der Waals surface area contributed by atoms with Gasteiger partial charge in [-0.25, -0.2) is 27.4 Å². The maximum Gasteiger partial charge on any atom is 0.361 e. The maximum absolute atomic E-state index is 13.3. The van der Waals surface area contributed by atoms with Crippen LogP contribution in [-0.4, -0.2) is 36.0 Å². The van der Waals surface area contributed by atoms with Crippen molar-refractivity contribution in [1.82, 2.24) is 15.0 Å². The van der Waals surface area contributed by atoms with Crippen LogP contribution in [0.2, 0.25) is 0 Å². The van der Waals surface area contributed by atoms with E-state index >= 15 is 0 Å². The Bertz CT molecular complexity index is 1080. The fourth-order valence-corrected chi connectivity index (χ4v) is 2.96. The molecule has 1 aromatic heterocycles. The molecule has 140 valence electrons. The average Bonchev–Trinajstić information content (AvgIpc) is 3.07. The van der Waals surface area contributed by atoms with E-state index in [1.54, 1.807) is 6.92 Å². The molecule has 0 aliphatic rings. The van der Waals surface area contributed by atoms with Gasteiger partial charge in [-0.3, -0.25) is 0 Å². The van der Waals surface area contributed by atoms with E-state index in [-0.39, 0.29) is 22.9 Å². The number of primary sulfonamides is 1. The Morgan fingerprint density at radius 2 is 1.78 bits per heavy atom. The molecule has 3 aromatic rings. The molecule has 1 heterocycles. The number of esters is 1. The van der Waals surface area contributed by atoms with Crippen molar-refractivity contribution in [2.24, 2.45) is 5.14 Å². The molecule has 0 bridgehead atoms. The molecule has 0 spiro atoms. The minimum absolute atomic E-state index is 0.0426. The summed E-state index contributed by atoms with van der Waals surface area (Å²) in [5.74, 6) is -1.11. The monoisotopic (exact) mass is 390 g/mol. The van der Waals surface area contributed by atoms with Crippen molar-refractivity contribution in [1.29, 1.82) is 0 Å². The van der Waals surface area contributed by atoms with Gasteiger partial charge in [0, 0.05) is 5.56 Å². The highest BCUT2D eigenvalue weighted by Crippen LogP contribution is 2.26. The van der Waals surface area contributed by atoms with Crippen LogP contribution in [-0.2, 0) is 14.8 Å². The molecule has 10 heteroatoms. The van der Waals surface area contributed by atoms with Crippen molar-refractivity contribution in [3.8, 4) is 16.9 Å². The lowest BCUT2D eigenvalue weighted by Gasteiger charge is -2.09. The smallest absolute Gasteiger partial charge is 0.361 e. The second-order valence-corrected chi connectivity index (χ2v) is 7.03. The molecule has 3 rings (SSSR count). The second-order valence-electron chi connectivity index (χ2n) is 5.46. The van der Waals surface area contributed by atoms with Gasteiger partial charge in [-0.15, -0.1) is 5.10 Å². The quantitative estimate of drug-likeness (QED) is 0.665. The van der Waals surface area contributed by atoms with Gasteiger partial charge in [-0.05, 0) is 55.5 Å². The number of rotatable bonds is 5. The largest absolute Gasteiger partial charge is 0.461 e. The number of carbonyl (C=O) groups excluding carboxylic acids is 1. The molecule has 0 unspecified atom stereocenters. The third-order valence-corrected chi connectivity index (χ3v) is 4.60. The van der Waals surface area contributed by atoms with Crippen molar-refractivity contribution in [3.63, 3.8) is 0 Å². The number of hydrogen-bond acceptors (Lipinski definition) is 6. The summed E-state index contributed by atoms with van der Waals surface area (Å²) in [6.45, 7) is 1.81. The molecule has 0 fully saturated rings. The van der Waals surface area contributed by atoms with E-state index in [1.165, 1.54) is 53.2 Å². The van der Waals surface area contributed by atoms with Crippen molar-refractivity contribution in [2.75, 3.05) is 6.61 Å². The molecular formula is C17H15FN4O4S. The third-order valence-electron chi connectivity index (χ3n) is 3.67. The van der Waals surface area contributed by atoms with Crippen LogP contribution in [0.15, 0.2) is 53.4 Å². The zero-order valence-corrected chi connectivity index (χ0v) is 15.0. The number of nitrogens with zero attached hydrogens (tertiary/aromatic N) is 3. The number of aromatic nitrogens is 3. The van der Waals surface area contributed by atoms with Crippen LogP contribution >= 0.6 is 0 Å². The van der Waals surface area contributed by atoms with Crippen molar-refractivity contribution in [3.05, 3.63) is 60.0 Å². The Morgan fingerprint density at radius 1 is 1.15 bits per heavy atom. The van der Waals surface area contributed by atoms with Gasteiger partial charge < -0.3 is 4.74 Å². The Hall–Kier alpha value is -3.11. The van der Waals surface area contributed by atoms with Gasteiger partial charge in [0.1, 0.15) is 11.5 Å². The van der Waals surface area contributed by atoms with Gasteiger partial charge in [-0.1, -0.05) is 5.21 Å². The molecular weight excluding hydrogens is 375 g/mol. The normalized spacial score (nSPS) is 11.4. The zero-order valence-electron chi connectivity index (χ0n) is 14.2. The Kier molecular flexibility index (Phi) is 5.02. The summed E-state index contributed by atoms with van der Waals surface area (Å²) in [6.07, 6.45) is 0. The van der Waals surface area contributed by atoms with Crippen LogP contribution in [0.5, 0.6) is 0 Å². The van der Waals surface area contributed by atoms with E-state index in [1.807, 2.05) is 0 Å². The van der Waals surface area contributed by atoms with Gasteiger partial charge in [0.25, 0.3) is 0 Å². The van der Waals surface area contributed by atoms with Crippen molar-refractivity contribution < 1.29 is 22.3 Å². The number of hydrogen-bond donors (Lipinski definition) is 1. The van der Waals surface area contributed by atoms with Crippen LogP contribution < -0.4 is 5.14 Å². The van der Waals surface area contributed by atoms with Crippen LogP contribution in [0.4, 0.5) is 4.39 Å². The first kappa shape index (κ1) is 18.7. The lowest BCUT2D eigenvalue weighted by atomic mass is 10.1. The van der Waals surface area contributed by atoms with Gasteiger partial charge in [-0.2, -0.15) is 0 Å². The topological polar surface area (TPSA) is 117 Å². The van der Waals surface area contributed by atoms with Crippen molar-refractivity contribution >= 4 is 16.0 Å². The van der Waals surface area contributed by atoms with Crippen LogP contribution in [0.25, 0.3) is 16.9 Å². The molecule has 0 saturated carbocycles. The Labute approximate surface area is 154 Å². The number of carbonyl (C=O) groups is 1. The zero-order chi connectivity index (χ0) is 19.6. The first-order chi connectivity index (χ1) is 12.8. The third kappa shape index (κ3) is 3.86. The minimum atomic E-state index is -3.85. The predicted octanol–water partition coefficient (Wildman–Crippen LogP) is 1.90. The predicted molar refractivity (Wildman–Crippen MR) is 94.1 cm³/mol. The van der Waals surface area contributed by atoms with Crippen LogP contribution in [0.1, 0.15) is 17.4 Å². The number of halogens is 1. The molecule has 27 heavy (non-hydrogen) atoms. The first-order valence-corrected chi connectivity index (χ1v) is 9.38. The lowest BCUT2D eigenvalue weighted by molar-refractivity contribution is 0.0520. The summed E-state index contributed by atoms with van der Waals surface area (Å²) in [4.78, 5) is 12.2.